The number of hydrogen-bond donors (Lipinski definition) is 0. The van der Waals surface area contributed by atoms with Gasteiger partial charge in [-0.05, 0) is 18.4 Å². The summed E-state index contributed by atoms with van der Waals surface area (Å²) in [6.07, 6.45) is 2.08. The zero-order valence-electron chi connectivity index (χ0n) is 14.0. The molecule has 0 saturated carbocycles. The van der Waals surface area contributed by atoms with Crippen LogP contribution in [-0.4, -0.2) is 35.4 Å². The molecule has 0 N–H and O–H groups in total. The third-order valence-electron chi connectivity index (χ3n) is 3.59. The van der Waals surface area contributed by atoms with Crippen LogP contribution in [0.1, 0.15) is 40.8 Å². The molecular weight excluding hydrogens is 324 g/mol. The van der Waals surface area contributed by atoms with E-state index >= 15 is 0 Å². The molecule has 5 nitrogen and oxygen atoms in total. The smallest absolute Gasteiger partial charge is 0.357 e. The number of ether oxygens (including phenoxy) is 1. The van der Waals surface area contributed by atoms with Gasteiger partial charge in [-0.1, -0.05) is 37.3 Å². The number of amides is 1. The normalized spacial score (nSPS) is 10.4. The van der Waals surface area contributed by atoms with Crippen molar-refractivity contribution in [1.82, 2.24) is 9.88 Å². The predicted octanol–water partition coefficient (Wildman–Crippen LogP) is 3.30. The molecule has 0 spiro atoms. The van der Waals surface area contributed by atoms with Crippen molar-refractivity contribution in [2.45, 2.75) is 32.7 Å². The average molecular weight is 346 g/mol. The van der Waals surface area contributed by atoms with Gasteiger partial charge in [-0.2, -0.15) is 0 Å². The van der Waals surface area contributed by atoms with Gasteiger partial charge in [0.05, 0.1) is 13.7 Å². The highest BCUT2D eigenvalue weighted by molar-refractivity contribution is 7.09. The van der Waals surface area contributed by atoms with Crippen molar-refractivity contribution in [3.63, 3.8) is 0 Å². The molecule has 128 valence electrons. The van der Waals surface area contributed by atoms with Gasteiger partial charge in [0.2, 0.25) is 5.91 Å². The van der Waals surface area contributed by atoms with Crippen LogP contribution in [0.4, 0.5) is 0 Å². The molecule has 0 atom stereocenters. The highest BCUT2D eigenvalue weighted by Crippen LogP contribution is 2.15. The maximum atomic E-state index is 12.5. The van der Waals surface area contributed by atoms with Crippen molar-refractivity contribution in [3.8, 4) is 0 Å². The molecule has 6 heteroatoms. The fraction of sp³-hybridized carbons (Fsp3) is 0.389. The van der Waals surface area contributed by atoms with Crippen molar-refractivity contribution in [3.05, 3.63) is 52.0 Å². The number of aryl methyl sites for hydroxylation is 1. The second-order valence-electron chi connectivity index (χ2n) is 5.42. The minimum Gasteiger partial charge on any atom is -0.464 e. The van der Waals surface area contributed by atoms with E-state index in [9.17, 15) is 9.59 Å². The summed E-state index contributed by atoms with van der Waals surface area (Å²) >= 11 is 1.37. The zero-order valence-corrected chi connectivity index (χ0v) is 14.8. The van der Waals surface area contributed by atoms with Crippen LogP contribution in [-0.2, 0) is 22.5 Å². The number of carbonyl (C=O) groups is 2. The van der Waals surface area contributed by atoms with Gasteiger partial charge in [0.1, 0.15) is 5.01 Å². The Balaban J connectivity index is 1.96. The maximum absolute atomic E-state index is 12.5. The third kappa shape index (κ3) is 5.16. The van der Waals surface area contributed by atoms with Gasteiger partial charge >= 0.3 is 5.97 Å². The van der Waals surface area contributed by atoms with E-state index in [0.717, 1.165) is 23.4 Å². The number of hydrogen-bond acceptors (Lipinski definition) is 5. The second-order valence-corrected chi connectivity index (χ2v) is 6.36. The molecule has 0 aliphatic carbocycles. The van der Waals surface area contributed by atoms with Gasteiger partial charge in [-0.25, -0.2) is 9.78 Å². The number of esters is 1. The van der Waals surface area contributed by atoms with Crippen molar-refractivity contribution >= 4 is 23.2 Å². The fourth-order valence-corrected chi connectivity index (χ4v) is 3.14. The molecule has 1 amide bonds. The van der Waals surface area contributed by atoms with Crippen LogP contribution in [0.15, 0.2) is 35.7 Å². The van der Waals surface area contributed by atoms with E-state index in [1.807, 2.05) is 42.2 Å². The Morgan fingerprint density at radius 3 is 2.67 bits per heavy atom. The summed E-state index contributed by atoms with van der Waals surface area (Å²) < 4.78 is 4.66. The lowest BCUT2D eigenvalue weighted by molar-refractivity contribution is -0.131. The van der Waals surface area contributed by atoms with E-state index < -0.39 is 5.97 Å². The van der Waals surface area contributed by atoms with E-state index in [0.29, 0.717) is 25.2 Å². The number of thiazole rings is 1. The monoisotopic (exact) mass is 346 g/mol. The lowest BCUT2D eigenvalue weighted by Crippen LogP contribution is -2.31. The molecule has 0 unspecified atom stereocenters. The van der Waals surface area contributed by atoms with Crippen molar-refractivity contribution in [2.24, 2.45) is 0 Å². The first-order chi connectivity index (χ1) is 11.6. The number of nitrogens with zero attached hydrogens (tertiary/aromatic N) is 2. The Bertz CT molecular complexity index is 670. The van der Waals surface area contributed by atoms with Crippen molar-refractivity contribution in [2.75, 3.05) is 13.7 Å². The van der Waals surface area contributed by atoms with Crippen LogP contribution in [0.2, 0.25) is 0 Å². The average Bonchev–Trinajstić information content (AvgIpc) is 3.08. The molecule has 2 rings (SSSR count). The van der Waals surface area contributed by atoms with Crippen LogP contribution in [0.3, 0.4) is 0 Å². The summed E-state index contributed by atoms with van der Waals surface area (Å²) in [4.78, 5) is 30.1. The summed E-state index contributed by atoms with van der Waals surface area (Å²) in [5.41, 5.74) is 1.45. The first kappa shape index (κ1) is 18.1. The molecule has 1 aromatic heterocycles. The van der Waals surface area contributed by atoms with Gasteiger partial charge in [-0.15, -0.1) is 11.3 Å². The Hall–Kier alpha value is -2.21. The van der Waals surface area contributed by atoms with E-state index in [1.54, 1.807) is 5.38 Å². The highest BCUT2D eigenvalue weighted by Gasteiger charge is 2.17. The summed E-state index contributed by atoms with van der Waals surface area (Å²) in [6, 6.07) is 9.99. The number of methoxy groups -OCH3 is 1. The van der Waals surface area contributed by atoms with Crippen molar-refractivity contribution in [1.29, 1.82) is 0 Å². The standard InChI is InChI=1S/C18H22N2O3S/c1-3-11-20(12-16-19-15(13-24-16)18(22)23-2)17(21)10-9-14-7-5-4-6-8-14/h4-8,13H,3,9-12H2,1-2H3. The number of rotatable bonds is 8. The number of carbonyl (C=O) groups excluding carboxylic acids is 2. The molecule has 24 heavy (non-hydrogen) atoms. The van der Waals surface area contributed by atoms with Gasteiger partial charge < -0.3 is 9.64 Å². The molecule has 0 saturated heterocycles. The van der Waals surface area contributed by atoms with E-state index in [4.69, 9.17) is 0 Å². The van der Waals surface area contributed by atoms with E-state index in [2.05, 4.69) is 9.72 Å². The molecule has 0 radical (unpaired) electrons. The molecule has 1 heterocycles. The van der Waals surface area contributed by atoms with E-state index in [-0.39, 0.29) is 5.91 Å². The van der Waals surface area contributed by atoms with Gasteiger partial charge in [0, 0.05) is 18.3 Å². The van der Waals surface area contributed by atoms with Gasteiger partial charge in [0.25, 0.3) is 0 Å². The molecule has 0 aliphatic rings. The lowest BCUT2D eigenvalue weighted by atomic mass is 10.1. The van der Waals surface area contributed by atoms with Gasteiger partial charge in [-0.3, -0.25) is 4.79 Å². The predicted molar refractivity (Wildman–Crippen MR) is 93.9 cm³/mol. The second kappa shape index (κ2) is 9.17. The summed E-state index contributed by atoms with van der Waals surface area (Å²) in [6.45, 7) is 3.16. The minimum atomic E-state index is -0.449. The van der Waals surface area contributed by atoms with Crippen LogP contribution >= 0.6 is 11.3 Å². The first-order valence-electron chi connectivity index (χ1n) is 7.98. The SMILES string of the molecule is CCCN(Cc1nc(C(=O)OC)cs1)C(=O)CCc1ccccc1. The van der Waals surface area contributed by atoms with Crippen molar-refractivity contribution < 1.29 is 14.3 Å². The number of aromatic nitrogens is 1. The first-order valence-corrected chi connectivity index (χ1v) is 8.86. The minimum absolute atomic E-state index is 0.107. The maximum Gasteiger partial charge on any atom is 0.357 e. The fourth-order valence-electron chi connectivity index (χ4n) is 2.36. The third-order valence-corrected chi connectivity index (χ3v) is 4.42. The summed E-state index contributed by atoms with van der Waals surface area (Å²) in [5.74, 6) is -0.342. The molecule has 0 fully saturated rings. The zero-order chi connectivity index (χ0) is 17.4. The number of benzene rings is 1. The molecule has 0 bridgehead atoms. The largest absolute Gasteiger partial charge is 0.464 e. The summed E-state index contributed by atoms with van der Waals surface area (Å²) in [7, 11) is 1.33. The molecule has 0 aliphatic heterocycles. The van der Waals surface area contributed by atoms with Crippen LogP contribution in [0, 0.1) is 0 Å². The Morgan fingerprint density at radius 1 is 1.25 bits per heavy atom. The van der Waals surface area contributed by atoms with Gasteiger partial charge in [0.15, 0.2) is 5.69 Å². The highest BCUT2D eigenvalue weighted by atomic mass is 32.1. The Kier molecular flexibility index (Phi) is 6.93. The Labute approximate surface area is 146 Å². The summed E-state index contributed by atoms with van der Waals surface area (Å²) in [5, 5.41) is 2.41. The molecular formula is C18H22N2O3S. The van der Waals surface area contributed by atoms with Crippen LogP contribution in [0.25, 0.3) is 0 Å². The van der Waals surface area contributed by atoms with Crippen LogP contribution in [0.5, 0.6) is 0 Å². The lowest BCUT2D eigenvalue weighted by Gasteiger charge is -2.21. The quantitative estimate of drug-likeness (QED) is 0.688. The molecule has 1 aromatic carbocycles. The topological polar surface area (TPSA) is 59.5 Å². The van der Waals surface area contributed by atoms with E-state index in [1.165, 1.54) is 18.4 Å². The van der Waals surface area contributed by atoms with Crippen LogP contribution < -0.4 is 0 Å². The molecule has 2 aromatic rings. The Morgan fingerprint density at radius 2 is 2.00 bits per heavy atom.